The first-order chi connectivity index (χ1) is 3.85. The van der Waals surface area contributed by atoms with E-state index < -0.39 is 0 Å². The second-order valence-corrected chi connectivity index (χ2v) is 5.28. The Morgan fingerprint density at radius 2 is 1.44 bits per heavy atom. The third kappa shape index (κ3) is 3.24. The monoisotopic (exact) mass is 192 g/mol. The molecule has 0 aromatic carbocycles. The van der Waals surface area contributed by atoms with Crippen LogP contribution in [0.5, 0.6) is 0 Å². The van der Waals surface area contributed by atoms with Gasteiger partial charge in [0.25, 0.3) is 0 Å². The number of rotatable bonds is 1. The first-order valence-corrected chi connectivity index (χ1v) is 4.41. The maximum Gasteiger partial charge on any atom is 0.0148 e. The molecule has 2 unspecified atom stereocenters. The van der Waals surface area contributed by atoms with Gasteiger partial charge in [-0.1, -0.05) is 50.5 Å². The molecule has 0 aliphatic rings. The molecule has 0 saturated carbocycles. The maximum atomic E-state index is 3.58. The lowest BCUT2D eigenvalue weighted by molar-refractivity contribution is 0.263. The van der Waals surface area contributed by atoms with Crippen LogP contribution in [-0.2, 0) is 0 Å². The maximum absolute atomic E-state index is 3.58. The van der Waals surface area contributed by atoms with Crippen LogP contribution in [0.4, 0.5) is 0 Å². The molecule has 0 fully saturated rings. The number of alkyl halides is 1. The zero-order valence-electron chi connectivity index (χ0n) is 7.03. The Labute approximate surface area is 67.2 Å². The van der Waals surface area contributed by atoms with Gasteiger partial charge < -0.3 is 0 Å². The van der Waals surface area contributed by atoms with E-state index in [1.165, 1.54) is 0 Å². The summed E-state index contributed by atoms with van der Waals surface area (Å²) in [7, 11) is 0. The summed E-state index contributed by atoms with van der Waals surface area (Å²) >= 11 is 3.58. The van der Waals surface area contributed by atoms with Gasteiger partial charge in [-0.25, -0.2) is 0 Å². The van der Waals surface area contributed by atoms with Gasteiger partial charge in [-0.3, -0.25) is 0 Å². The van der Waals surface area contributed by atoms with Crippen LogP contribution in [0.2, 0.25) is 0 Å². The molecule has 0 radical (unpaired) electrons. The van der Waals surface area contributed by atoms with Crippen LogP contribution in [0.1, 0.15) is 34.6 Å². The SMILES string of the molecule is CC(Br)C(C)C(C)(C)C. The molecule has 9 heavy (non-hydrogen) atoms. The molecule has 0 N–H and O–H groups in total. The fourth-order valence-electron chi connectivity index (χ4n) is 0.689. The fourth-order valence-corrected chi connectivity index (χ4v) is 1.48. The first kappa shape index (κ1) is 9.48. The van der Waals surface area contributed by atoms with E-state index in [0.717, 1.165) is 5.92 Å². The molecule has 0 aliphatic heterocycles. The van der Waals surface area contributed by atoms with Crippen LogP contribution >= 0.6 is 15.9 Å². The second kappa shape index (κ2) is 3.05. The molecule has 0 aromatic heterocycles. The Morgan fingerprint density at radius 3 is 1.44 bits per heavy atom. The van der Waals surface area contributed by atoms with Crippen LogP contribution < -0.4 is 0 Å². The molecule has 0 bridgehead atoms. The van der Waals surface area contributed by atoms with Gasteiger partial charge in [-0.05, 0) is 11.3 Å². The van der Waals surface area contributed by atoms with Crippen molar-refractivity contribution in [2.45, 2.75) is 39.4 Å². The number of halogens is 1. The van der Waals surface area contributed by atoms with Gasteiger partial charge in [0.1, 0.15) is 0 Å². The van der Waals surface area contributed by atoms with Gasteiger partial charge in [0.2, 0.25) is 0 Å². The van der Waals surface area contributed by atoms with Crippen molar-refractivity contribution in [3.05, 3.63) is 0 Å². The zero-order valence-corrected chi connectivity index (χ0v) is 8.62. The van der Waals surface area contributed by atoms with Crippen molar-refractivity contribution in [1.82, 2.24) is 0 Å². The quantitative estimate of drug-likeness (QED) is 0.559. The number of hydrogen-bond acceptors (Lipinski definition) is 0. The minimum atomic E-state index is 0.433. The van der Waals surface area contributed by atoms with E-state index in [0.29, 0.717) is 10.2 Å². The summed E-state index contributed by atoms with van der Waals surface area (Å²) in [5, 5.41) is 0. The Hall–Kier alpha value is 0.480. The van der Waals surface area contributed by atoms with Crippen molar-refractivity contribution in [2.75, 3.05) is 0 Å². The summed E-state index contributed by atoms with van der Waals surface area (Å²) in [4.78, 5) is 0.623. The lowest BCUT2D eigenvalue weighted by Gasteiger charge is -2.29. The molecular formula is C8H17Br. The van der Waals surface area contributed by atoms with Crippen LogP contribution in [0.25, 0.3) is 0 Å². The molecule has 2 atom stereocenters. The minimum Gasteiger partial charge on any atom is -0.0891 e. The molecule has 0 rings (SSSR count). The molecule has 0 saturated heterocycles. The third-order valence-electron chi connectivity index (χ3n) is 2.06. The van der Waals surface area contributed by atoms with Crippen LogP contribution in [0.15, 0.2) is 0 Å². The molecule has 1 heteroatoms. The highest BCUT2D eigenvalue weighted by atomic mass is 79.9. The Bertz CT molecular complexity index is 79.1. The molecular weight excluding hydrogens is 176 g/mol. The second-order valence-electron chi connectivity index (χ2n) is 3.83. The van der Waals surface area contributed by atoms with E-state index in [1.54, 1.807) is 0 Å². The summed E-state index contributed by atoms with van der Waals surface area (Å²) in [6, 6.07) is 0. The summed E-state index contributed by atoms with van der Waals surface area (Å²) in [6.45, 7) is 11.3. The molecule has 0 nitrogen and oxygen atoms in total. The van der Waals surface area contributed by atoms with Crippen molar-refractivity contribution in [3.63, 3.8) is 0 Å². The van der Waals surface area contributed by atoms with Crippen molar-refractivity contribution in [2.24, 2.45) is 11.3 Å². The van der Waals surface area contributed by atoms with Gasteiger partial charge >= 0.3 is 0 Å². The van der Waals surface area contributed by atoms with E-state index in [-0.39, 0.29) is 0 Å². The normalized spacial score (nSPS) is 19.3. The highest BCUT2D eigenvalue weighted by Gasteiger charge is 2.23. The average molecular weight is 193 g/mol. The van der Waals surface area contributed by atoms with Crippen LogP contribution in [-0.4, -0.2) is 4.83 Å². The predicted octanol–water partition coefficient (Wildman–Crippen LogP) is 3.45. The highest BCUT2D eigenvalue weighted by Crippen LogP contribution is 2.31. The van der Waals surface area contributed by atoms with Gasteiger partial charge in [0.05, 0.1) is 0 Å². The van der Waals surface area contributed by atoms with Gasteiger partial charge in [-0.2, -0.15) is 0 Å². The molecule has 0 heterocycles. The Balaban J connectivity index is 3.88. The largest absolute Gasteiger partial charge is 0.0891 e. The summed E-state index contributed by atoms with van der Waals surface area (Å²) < 4.78 is 0. The summed E-state index contributed by atoms with van der Waals surface area (Å²) in [5.74, 6) is 0.734. The molecule has 56 valence electrons. The van der Waals surface area contributed by atoms with Crippen LogP contribution in [0, 0.1) is 11.3 Å². The predicted molar refractivity (Wildman–Crippen MR) is 47.0 cm³/mol. The Morgan fingerprint density at radius 1 is 1.11 bits per heavy atom. The van der Waals surface area contributed by atoms with Crippen molar-refractivity contribution < 1.29 is 0 Å². The first-order valence-electron chi connectivity index (χ1n) is 3.49. The summed E-state index contributed by atoms with van der Waals surface area (Å²) in [6.07, 6.45) is 0. The lowest BCUT2D eigenvalue weighted by Crippen LogP contribution is -2.23. The van der Waals surface area contributed by atoms with E-state index in [9.17, 15) is 0 Å². The number of hydrogen-bond donors (Lipinski definition) is 0. The van der Waals surface area contributed by atoms with Crippen molar-refractivity contribution >= 4 is 15.9 Å². The van der Waals surface area contributed by atoms with Gasteiger partial charge in [0.15, 0.2) is 0 Å². The topological polar surface area (TPSA) is 0 Å². The van der Waals surface area contributed by atoms with E-state index in [4.69, 9.17) is 0 Å². The van der Waals surface area contributed by atoms with Crippen molar-refractivity contribution in [1.29, 1.82) is 0 Å². The molecule has 0 aromatic rings. The van der Waals surface area contributed by atoms with E-state index in [1.807, 2.05) is 0 Å². The summed E-state index contributed by atoms with van der Waals surface area (Å²) in [5.41, 5.74) is 0.433. The standard InChI is InChI=1S/C8H17Br/c1-6(7(2)9)8(3,4)5/h6-7H,1-5H3. The zero-order chi connectivity index (χ0) is 7.65. The fraction of sp³-hybridized carbons (Fsp3) is 1.00. The molecule has 0 amide bonds. The molecule has 0 spiro atoms. The average Bonchev–Trinajstić information content (AvgIpc) is 1.62. The van der Waals surface area contributed by atoms with Crippen LogP contribution in [0.3, 0.4) is 0 Å². The lowest BCUT2D eigenvalue weighted by atomic mass is 9.81. The minimum absolute atomic E-state index is 0.433. The Kier molecular flexibility index (Phi) is 3.21. The van der Waals surface area contributed by atoms with Gasteiger partial charge in [0, 0.05) is 4.83 Å². The third-order valence-corrected chi connectivity index (χ3v) is 2.85. The van der Waals surface area contributed by atoms with E-state index >= 15 is 0 Å². The highest BCUT2D eigenvalue weighted by molar-refractivity contribution is 9.09. The van der Waals surface area contributed by atoms with Gasteiger partial charge in [-0.15, -0.1) is 0 Å². The smallest absolute Gasteiger partial charge is 0.0148 e. The van der Waals surface area contributed by atoms with E-state index in [2.05, 4.69) is 50.5 Å². The molecule has 0 aliphatic carbocycles. The van der Waals surface area contributed by atoms with Crippen molar-refractivity contribution in [3.8, 4) is 0 Å².